The standard InChI is InChI=1S/C12H17N5O4/c1-2-13-12-15-10-9(11(20)16-12)14-5-17(10)8-3-6(19)7(4-18)21-8/h5-8,18-19H,2-4H2,1H3,(H2,13,15,16,20)/t6-,7+,8+/m0/s1/i3D2,6D,8D. The van der Waals surface area contributed by atoms with Crippen molar-refractivity contribution < 1.29 is 20.4 Å². The largest absolute Gasteiger partial charge is 0.394 e. The summed E-state index contributed by atoms with van der Waals surface area (Å²) in [5.41, 5.74) is -0.927. The Labute approximate surface area is 125 Å². The van der Waals surface area contributed by atoms with Gasteiger partial charge >= 0.3 is 0 Å². The van der Waals surface area contributed by atoms with Gasteiger partial charge in [0.25, 0.3) is 5.56 Å². The molecule has 0 radical (unpaired) electrons. The minimum absolute atomic E-state index is 0.0868. The Morgan fingerprint density at radius 2 is 2.57 bits per heavy atom. The molecule has 4 N–H and O–H groups in total. The molecule has 3 rings (SSSR count). The highest BCUT2D eigenvalue weighted by Gasteiger charge is 2.35. The van der Waals surface area contributed by atoms with Crippen molar-refractivity contribution >= 4 is 17.1 Å². The molecule has 0 amide bonds. The number of fused-ring (bicyclic) bond motifs is 1. The topological polar surface area (TPSA) is 125 Å². The van der Waals surface area contributed by atoms with Gasteiger partial charge in [0.2, 0.25) is 5.95 Å². The Morgan fingerprint density at radius 1 is 1.76 bits per heavy atom. The molecule has 0 aliphatic carbocycles. The summed E-state index contributed by atoms with van der Waals surface area (Å²) in [6, 6.07) is 0. The average molecular weight is 299 g/mol. The van der Waals surface area contributed by atoms with Crippen LogP contribution in [0.2, 0.25) is 0 Å². The van der Waals surface area contributed by atoms with E-state index in [1.807, 2.05) is 0 Å². The Morgan fingerprint density at radius 3 is 3.24 bits per heavy atom. The van der Waals surface area contributed by atoms with Gasteiger partial charge in [0.15, 0.2) is 11.2 Å². The predicted octanol–water partition coefficient (Wildman–Crippen LogP) is -0.808. The van der Waals surface area contributed by atoms with Crippen molar-refractivity contribution in [2.45, 2.75) is 31.7 Å². The number of aromatic nitrogens is 4. The molecule has 0 spiro atoms. The number of hydrogen-bond acceptors (Lipinski definition) is 7. The van der Waals surface area contributed by atoms with Crippen molar-refractivity contribution in [1.82, 2.24) is 19.5 Å². The summed E-state index contributed by atoms with van der Waals surface area (Å²) in [5.74, 6) is 0.0868. The maximum absolute atomic E-state index is 12.1. The lowest BCUT2D eigenvalue weighted by Gasteiger charge is -2.13. The number of hydrogen-bond donors (Lipinski definition) is 4. The highest BCUT2D eigenvalue weighted by Crippen LogP contribution is 2.30. The van der Waals surface area contributed by atoms with Crippen molar-refractivity contribution in [2.75, 3.05) is 18.5 Å². The zero-order valence-corrected chi connectivity index (χ0v) is 11.1. The molecule has 2 aromatic heterocycles. The maximum Gasteiger partial charge on any atom is 0.280 e. The van der Waals surface area contributed by atoms with Crippen LogP contribution in [-0.2, 0) is 4.74 Å². The molecule has 3 atom stereocenters. The summed E-state index contributed by atoms with van der Waals surface area (Å²) in [6.07, 6.45) is -9.23. The van der Waals surface area contributed by atoms with E-state index in [1.54, 1.807) is 6.92 Å². The van der Waals surface area contributed by atoms with Gasteiger partial charge in [0.05, 0.1) is 21.8 Å². The van der Waals surface area contributed by atoms with Gasteiger partial charge in [-0.1, -0.05) is 0 Å². The molecule has 2 aromatic rings. The predicted molar refractivity (Wildman–Crippen MR) is 73.9 cm³/mol. The quantitative estimate of drug-likeness (QED) is 0.582. The normalized spacial score (nSPS) is 37.8. The van der Waals surface area contributed by atoms with Crippen LogP contribution in [0.25, 0.3) is 11.2 Å². The van der Waals surface area contributed by atoms with Crippen LogP contribution in [-0.4, -0.2) is 55.1 Å². The van der Waals surface area contributed by atoms with Crippen molar-refractivity contribution in [3.63, 3.8) is 0 Å². The van der Waals surface area contributed by atoms with Gasteiger partial charge in [-0.2, -0.15) is 4.98 Å². The van der Waals surface area contributed by atoms with E-state index < -0.39 is 36.9 Å². The summed E-state index contributed by atoms with van der Waals surface area (Å²) in [7, 11) is 0. The highest BCUT2D eigenvalue weighted by molar-refractivity contribution is 5.70. The molecule has 3 heterocycles. The first-order valence-corrected chi connectivity index (χ1v) is 6.33. The molecule has 0 aromatic carbocycles. The van der Waals surface area contributed by atoms with Crippen molar-refractivity contribution in [2.24, 2.45) is 0 Å². The number of rotatable bonds is 4. The Hall–Kier alpha value is -1.97. The number of H-pyrrole nitrogens is 1. The highest BCUT2D eigenvalue weighted by atomic mass is 16.5. The monoisotopic (exact) mass is 299 g/mol. The molecular weight excluding hydrogens is 278 g/mol. The first kappa shape index (κ1) is 9.87. The van der Waals surface area contributed by atoms with Gasteiger partial charge in [0.1, 0.15) is 12.3 Å². The molecule has 0 saturated carbocycles. The molecule has 1 aliphatic heterocycles. The van der Waals surface area contributed by atoms with Crippen LogP contribution >= 0.6 is 0 Å². The lowest BCUT2D eigenvalue weighted by atomic mass is 10.2. The molecule has 21 heavy (non-hydrogen) atoms. The van der Waals surface area contributed by atoms with Crippen molar-refractivity contribution in [1.29, 1.82) is 0 Å². The average Bonchev–Trinajstić information content (AvgIpc) is 3.01. The second-order valence-corrected chi connectivity index (χ2v) is 4.34. The molecule has 0 bridgehead atoms. The zero-order valence-electron chi connectivity index (χ0n) is 15.1. The summed E-state index contributed by atoms with van der Waals surface area (Å²) >= 11 is 0. The lowest BCUT2D eigenvalue weighted by Crippen LogP contribution is -2.24. The smallest absolute Gasteiger partial charge is 0.280 e. The molecule has 0 unspecified atom stereocenters. The fourth-order valence-corrected chi connectivity index (χ4v) is 1.96. The van der Waals surface area contributed by atoms with E-state index in [4.69, 9.17) is 10.2 Å². The third kappa shape index (κ3) is 2.39. The van der Waals surface area contributed by atoms with Gasteiger partial charge in [0, 0.05) is 15.7 Å². The first-order valence-electron chi connectivity index (χ1n) is 8.33. The van der Waals surface area contributed by atoms with Crippen molar-refractivity contribution in [3.05, 3.63) is 16.7 Å². The number of ether oxygens (including phenoxy) is 1. The number of nitrogens with one attached hydrogen (secondary N) is 2. The Balaban J connectivity index is 2.23. The van der Waals surface area contributed by atoms with Gasteiger partial charge in [-0.15, -0.1) is 0 Å². The summed E-state index contributed by atoms with van der Waals surface area (Å²) in [4.78, 5) is 22.5. The van der Waals surface area contributed by atoms with Crippen molar-refractivity contribution in [3.8, 4) is 0 Å². The number of aliphatic hydroxyl groups excluding tert-OH is 1. The molecule has 1 saturated heterocycles. The van der Waals surface area contributed by atoms with Crippen LogP contribution in [0.1, 0.15) is 25.0 Å². The van der Waals surface area contributed by atoms with E-state index in [1.165, 1.54) is 0 Å². The molecule has 1 fully saturated rings. The van der Waals surface area contributed by atoms with Crippen LogP contribution in [0, 0.1) is 0 Å². The second kappa shape index (κ2) is 5.43. The minimum Gasteiger partial charge on any atom is -0.394 e. The van der Waals surface area contributed by atoms with Crippen LogP contribution < -0.4 is 10.9 Å². The molecule has 114 valence electrons. The second-order valence-electron chi connectivity index (χ2n) is 4.34. The maximum atomic E-state index is 12.1. The summed E-state index contributed by atoms with van der Waals surface area (Å²) in [6.45, 7) is 1.35. The minimum atomic E-state index is -2.97. The summed E-state index contributed by atoms with van der Waals surface area (Å²) in [5, 5.41) is 22.2. The zero-order chi connectivity index (χ0) is 18.6. The number of nitrogens with zero attached hydrogens (tertiary/aromatic N) is 3. The first-order chi connectivity index (χ1) is 11.6. The molecule has 1 aliphatic rings. The molecule has 9 heteroatoms. The van der Waals surface area contributed by atoms with Gasteiger partial charge in [-0.25, -0.2) is 4.98 Å². The Kier molecular flexibility index (Phi) is 2.55. The van der Waals surface area contributed by atoms with E-state index in [2.05, 4.69) is 20.3 Å². The van der Waals surface area contributed by atoms with E-state index in [-0.39, 0.29) is 17.1 Å². The number of aliphatic hydroxyl groups is 2. The SMILES string of the molecule is [2H]C1([2H])[C@]([2H])(n2cnc3c(=O)[nH]c(NCC)nc32)O[C@H](CO)[C@@]1([2H])O. The fourth-order valence-electron chi connectivity index (χ4n) is 1.96. The van der Waals surface area contributed by atoms with Gasteiger partial charge in [-0.3, -0.25) is 14.3 Å². The Bertz CT molecular complexity index is 869. The number of imidazole rings is 1. The molecule has 9 nitrogen and oxygen atoms in total. The lowest BCUT2D eigenvalue weighted by molar-refractivity contribution is -0.0432. The van der Waals surface area contributed by atoms with E-state index in [0.717, 1.165) is 10.9 Å². The van der Waals surface area contributed by atoms with Crippen LogP contribution in [0.15, 0.2) is 11.1 Å². The van der Waals surface area contributed by atoms with E-state index in [9.17, 15) is 15.0 Å². The molecular formula is C12H17N5O4. The third-order valence-corrected chi connectivity index (χ3v) is 2.93. The third-order valence-electron chi connectivity index (χ3n) is 2.93. The van der Waals surface area contributed by atoms with Crippen LogP contribution in [0.3, 0.4) is 0 Å². The van der Waals surface area contributed by atoms with E-state index >= 15 is 0 Å². The van der Waals surface area contributed by atoms with E-state index in [0.29, 0.717) is 6.54 Å². The van der Waals surface area contributed by atoms with Gasteiger partial charge < -0.3 is 20.3 Å². The van der Waals surface area contributed by atoms with Gasteiger partial charge in [-0.05, 0) is 6.92 Å². The number of anilines is 1. The fraction of sp³-hybridized carbons (Fsp3) is 0.583. The van der Waals surface area contributed by atoms with Crippen LogP contribution in [0.4, 0.5) is 5.95 Å². The number of aromatic amines is 1. The summed E-state index contributed by atoms with van der Waals surface area (Å²) < 4.78 is 38.3. The van der Waals surface area contributed by atoms with Crippen LogP contribution in [0.5, 0.6) is 0 Å².